The number of ketones is 1. The fourth-order valence-corrected chi connectivity index (χ4v) is 2.56. The Morgan fingerprint density at radius 2 is 2.42 bits per heavy atom. The van der Waals surface area contributed by atoms with Crippen molar-refractivity contribution in [3.63, 3.8) is 0 Å². The van der Waals surface area contributed by atoms with Crippen molar-refractivity contribution in [3.05, 3.63) is 22.4 Å². The first-order valence-electron chi connectivity index (χ1n) is 4.40. The lowest BCUT2D eigenvalue weighted by Gasteiger charge is -2.19. The van der Waals surface area contributed by atoms with Gasteiger partial charge in [0.25, 0.3) is 0 Å². The largest absolute Gasteiger partial charge is 0.300 e. The summed E-state index contributed by atoms with van der Waals surface area (Å²) in [6, 6.07) is 2.15. The van der Waals surface area contributed by atoms with Crippen LogP contribution in [0.3, 0.4) is 0 Å². The van der Waals surface area contributed by atoms with Gasteiger partial charge in [-0.2, -0.15) is 11.3 Å². The normalized spacial score (nSPS) is 24.3. The van der Waals surface area contributed by atoms with Crippen LogP contribution in [0.1, 0.15) is 37.2 Å². The molecule has 0 amide bonds. The number of hydrogen-bond donors (Lipinski definition) is 0. The highest BCUT2D eigenvalue weighted by atomic mass is 32.1. The lowest BCUT2D eigenvalue weighted by molar-refractivity contribution is -0.120. The molecule has 0 aromatic carbocycles. The Bertz CT molecular complexity index is 263. The zero-order chi connectivity index (χ0) is 8.39. The maximum atomic E-state index is 11.2. The van der Waals surface area contributed by atoms with Crippen molar-refractivity contribution in [2.24, 2.45) is 0 Å². The number of hydrogen-bond acceptors (Lipinski definition) is 2. The third kappa shape index (κ3) is 1.58. The second kappa shape index (κ2) is 3.40. The van der Waals surface area contributed by atoms with E-state index in [4.69, 9.17) is 0 Å². The van der Waals surface area contributed by atoms with E-state index in [2.05, 4.69) is 16.8 Å². The highest BCUT2D eigenvalue weighted by molar-refractivity contribution is 7.07. The van der Waals surface area contributed by atoms with Gasteiger partial charge in [0.1, 0.15) is 5.78 Å². The molecule has 0 aliphatic heterocycles. The lowest BCUT2D eigenvalue weighted by Crippen LogP contribution is -2.12. The van der Waals surface area contributed by atoms with Crippen molar-refractivity contribution in [2.45, 2.75) is 31.6 Å². The highest BCUT2D eigenvalue weighted by Crippen LogP contribution is 2.31. The van der Waals surface area contributed by atoms with Crippen molar-refractivity contribution >= 4 is 17.1 Å². The number of Topliss-reactive ketones (excluding diaryl/α,β-unsaturated/α-hetero) is 1. The third-order valence-electron chi connectivity index (χ3n) is 2.50. The smallest absolute Gasteiger partial charge is 0.133 e. The molecular weight excluding hydrogens is 168 g/mol. The Morgan fingerprint density at radius 1 is 1.50 bits per heavy atom. The van der Waals surface area contributed by atoms with E-state index in [1.54, 1.807) is 11.3 Å². The van der Waals surface area contributed by atoms with Crippen LogP contribution in [-0.4, -0.2) is 5.78 Å². The maximum Gasteiger partial charge on any atom is 0.133 e. The van der Waals surface area contributed by atoms with Crippen LogP contribution in [0, 0.1) is 0 Å². The summed E-state index contributed by atoms with van der Waals surface area (Å²) in [7, 11) is 0. The quantitative estimate of drug-likeness (QED) is 0.649. The minimum absolute atomic E-state index is 0.442. The topological polar surface area (TPSA) is 17.1 Å². The molecule has 1 saturated carbocycles. The first kappa shape index (κ1) is 7.99. The molecule has 1 nitrogen and oxygen atoms in total. The van der Waals surface area contributed by atoms with E-state index < -0.39 is 0 Å². The minimum Gasteiger partial charge on any atom is -0.300 e. The number of carbonyl (C=O) groups excluding carboxylic acids is 1. The summed E-state index contributed by atoms with van der Waals surface area (Å²) in [5, 5.41) is 4.26. The van der Waals surface area contributed by atoms with E-state index in [-0.39, 0.29) is 0 Å². The van der Waals surface area contributed by atoms with Gasteiger partial charge in [0, 0.05) is 12.8 Å². The van der Waals surface area contributed by atoms with Crippen LogP contribution in [0.15, 0.2) is 16.8 Å². The summed E-state index contributed by atoms with van der Waals surface area (Å²) in [6.45, 7) is 0. The van der Waals surface area contributed by atoms with Crippen LogP contribution in [0.25, 0.3) is 0 Å². The van der Waals surface area contributed by atoms with E-state index >= 15 is 0 Å². The van der Waals surface area contributed by atoms with Crippen molar-refractivity contribution in [1.82, 2.24) is 0 Å². The number of carbonyl (C=O) groups is 1. The average molecular weight is 180 g/mol. The first-order valence-corrected chi connectivity index (χ1v) is 5.34. The van der Waals surface area contributed by atoms with Gasteiger partial charge in [-0.3, -0.25) is 4.79 Å². The van der Waals surface area contributed by atoms with E-state index in [0.717, 1.165) is 19.3 Å². The van der Waals surface area contributed by atoms with Crippen molar-refractivity contribution in [1.29, 1.82) is 0 Å². The Morgan fingerprint density at radius 3 is 3.08 bits per heavy atom. The van der Waals surface area contributed by atoms with Gasteiger partial charge in [0.15, 0.2) is 0 Å². The van der Waals surface area contributed by atoms with Crippen molar-refractivity contribution in [2.75, 3.05) is 0 Å². The average Bonchev–Trinajstić information content (AvgIpc) is 2.56. The number of thiophene rings is 1. The summed E-state index contributed by atoms with van der Waals surface area (Å²) >= 11 is 1.72. The van der Waals surface area contributed by atoms with Gasteiger partial charge in [-0.05, 0) is 41.1 Å². The zero-order valence-electron chi connectivity index (χ0n) is 6.95. The standard InChI is InChI=1S/C10H12OS/c11-10-3-1-2-8(6-10)9-4-5-12-7-9/h4-5,7-8H,1-3,6H2/t8-/m0/s1. The SMILES string of the molecule is O=C1CCC[C@H](c2ccsc2)C1. The molecule has 1 aliphatic carbocycles. The van der Waals surface area contributed by atoms with Gasteiger partial charge >= 0.3 is 0 Å². The van der Waals surface area contributed by atoms with Crippen LogP contribution >= 0.6 is 11.3 Å². The second-order valence-corrected chi connectivity index (χ2v) is 4.17. The molecule has 0 spiro atoms. The second-order valence-electron chi connectivity index (χ2n) is 3.39. The van der Waals surface area contributed by atoms with Gasteiger partial charge in [-0.25, -0.2) is 0 Å². The van der Waals surface area contributed by atoms with E-state index in [0.29, 0.717) is 11.7 Å². The van der Waals surface area contributed by atoms with E-state index in [9.17, 15) is 4.79 Å². The molecule has 2 rings (SSSR count). The summed E-state index contributed by atoms with van der Waals surface area (Å²) in [6.07, 6.45) is 3.86. The predicted molar refractivity (Wildman–Crippen MR) is 50.5 cm³/mol. The molecule has 1 heterocycles. The van der Waals surface area contributed by atoms with Gasteiger partial charge in [-0.1, -0.05) is 0 Å². The summed E-state index contributed by atoms with van der Waals surface area (Å²) < 4.78 is 0. The van der Waals surface area contributed by atoms with Crippen molar-refractivity contribution in [3.8, 4) is 0 Å². The molecule has 0 saturated heterocycles. The van der Waals surface area contributed by atoms with Crippen LogP contribution < -0.4 is 0 Å². The van der Waals surface area contributed by atoms with Gasteiger partial charge in [0.2, 0.25) is 0 Å². The molecular formula is C10H12OS. The summed E-state index contributed by atoms with van der Waals surface area (Å²) in [5.41, 5.74) is 1.37. The summed E-state index contributed by atoms with van der Waals surface area (Å²) in [4.78, 5) is 11.2. The van der Waals surface area contributed by atoms with Crippen LogP contribution in [0.5, 0.6) is 0 Å². The molecule has 1 fully saturated rings. The molecule has 12 heavy (non-hydrogen) atoms. The Balaban J connectivity index is 2.09. The van der Waals surface area contributed by atoms with Gasteiger partial charge in [-0.15, -0.1) is 0 Å². The van der Waals surface area contributed by atoms with Crippen molar-refractivity contribution < 1.29 is 4.79 Å². The molecule has 0 radical (unpaired) electrons. The van der Waals surface area contributed by atoms with E-state index in [1.807, 2.05) is 0 Å². The van der Waals surface area contributed by atoms with Crippen LogP contribution in [0.2, 0.25) is 0 Å². The Hall–Kier alpha value is -0.630. The molecule has 0 N–H and O–H groups in total. The van der Waals surface area contributed by atoms with E-state index in [1.165, 1.54) is 12.0 Å². The minimum atomic E-state index is 0.442. The third-order valence-corrected chi connectivity index (χ3v) is 3.20. The molecule has 64 valence electrons. The van der Waals surface area contributed by atoms with Gasteiger partial charge in [0.05, 0.1) is 0 Å². The molecule has 1 aromatic rings. The highest BCUT2D eigenvalue weighted by Gasteiger charge is 2.20. The molecule has 0 unspecified atom stereocenters. The Kier molecular flexibility index (Phi) is 2.26. The lowest BCUT2D eigenvalue weighted by atomic mass is 9.85. The zero-order valence-corrected chi connectivity index (χ0v) is 7.77. The molecule has 1 aromatic heterocycles. The van der Waals surface area contributed by atoms with Crippen LogP contribution in [-0.2, 0) is 4.79 Å². The number of rotatable bonds is 1. The first-order chi connectivity index (χ1) is 5.86. The Labute approximate surface area is 76.4 Å². The molecule has 0 bridgehead atoms. The fourth-order valence-electron chi connectivity index (χ4n) is 1.82. The predicted octanol–water partition coefficient (Wildman–Crippen LogP) is 2.97. The fraction of sp³-hybridized carbons (Fsp3) is 0.500. The van der Waals surface area contributed by atoms with Gasteiger partial charge < -0.3 is 0 Å². The monoisotopic (exact) mass is 180 g/mol. The maximum absolute atomic E-state index is 11.2. The molecule has 2 heteroatoms. The molecule has 1 atom stereocenters. The van der Waals surface area contributed by atoms with Crippen LogP contribution in [0.4, 0.5) is 0 Å². The summed E-state index contributed by atoms with van der Waals surface area (Å²) in [5.74, 6) is 0.968. The molecule has 1 aliphatic rings.